The Morgan fingerprint density at radius 3 is 2.90 bits per heavy atom. The lowest BCUT2D eigenvalue weighted by Gasteiger charge is -2.34. The Morgan fingerprint density at radius 2 is 2.30 bits per heavy atom. The van der Waals surface area contributed by atoms with E-state index in [0.717, 1.165) is 25.9 Å². The van der Waals surface area contributed by atoms with Gasteiger partial charge in [0, 0.05) is 25.8 Å². The molecule has 0 radical (unpaired) electrons. The van der Waals surface area contributed by atoms with E-state index < -0.39 is 5.60 Å². The Morgan fingerprint density at radius 1 is 1.55 bits per heavy atom. The molecule has 0 bridgehead atoms. The van der Waals surface area contributed by atoms with Crippen LogP contribution in [0.5, 0.6) is 0 Å². The fourth-order valence-electron chi connectivity index (χ4n) is 2.45. The molecule has 1 atom stereocenters. The minimum Gasteiger partial charge on any atom is -0.444 e. The zero-order chi connectivity index (χ0) is 14.8. The van der Waals surface area contributed by atoms with E-state index in [0.29, 0.717) is 18.2 Å². The van der Waals surface area contributed by atoms with Crippen molar-refractivity contribution >= 4 is 11.8 Å². The van der Waals surface area contributed by atoms with Gasteiger partial charge in [0.2, 0.25) is 0 Å². The lowest BCUT2D eigenvalue weighted by atomic mass is 9.98. The van der Waals surface area contributed by atoms with E-state index in [9.17, 15) is 4.79 Å². The Hall–Kier alpha value is -1.72. The molecule has 1 saturated heterocycles. The molecular formula is C14H24N4O2. The number of amides is 1. The van der Waals surface area contributed by atoms with E-state index in [4.69, 9.17) is 10.5 Å². The second-order valence-corrected chi connectivity index (χ2v) is 6.43. The standard InChI is InChI=1S/C14H24N4O2/c1-14(2,3)20-13(19)17-6-4-5-11(8-17)9-18-10-12(15)7-16-18/h7,10-11H,4-6,8-9,15H2,1-3H3. The van der Waals surface area contributed by atoms with Crippen LogP contribution in [0.3, 0.4) is 0 Å². The van der Waals surface area contributed by atoms with Gasteiger partial charge in [-0.25, -0.2) is 4.79 Å². The van der Waals surface area contributed by atoms with Gasteiger partial charge >= 0.3 is 6.09 Å². The third-order valence-corrected chi connectivity index (χ3v) is 3.27. The molecular weight excluding hydrogens is 256 g/mol. The van der Waals surface area contributed by atoms with E-state index >= 15 is 0 Å². The Balaban J connectivity index is 1.90. The van der Waals surface area contributed by atoms with Gasteiger partial charge in [-0.05, 0) is 39.5 Å². The van der Waals surface area contributed by atoms with Crippen LogP contribution in [0.25, 0.3) is 0 Å². The first-order chi connectivity index (χ1) is 9.33. The van der Waals surface area contributed by atoms with Crippen LogP contribution in [0.1, 0.15) is 33.6 Å². The number of hydrogen-bond acceptors (Lipinski definition) is 4. The summed E-state index contributed by atoms with van der Waals surface area (Å²) in [5.41, 5.74) is 5.89. The molecule has 1 aliphatic heterocycles. The summed E-state index contributed by atoms with van der Waals surface area (Å²) in [6, 6.07) is 0. The third-order valence-electron chi connectivity index (χ3n) is 3.27. The molecule has 6 nitrogen and oxygen atoms in total. The molecule has 0 aliphatic carbocycles. The molecule has 1 unspecified atom stereocenters. The normalized spacial score (nSPS) is 19.9. The predicted molar refractivity (Wildman–Crippen MR) is 77.2 cm³/mol. The lowest BCUT2D eigenvalue weighted by molar-refractivity contribution is 0.0155. The predicted octanol–water partition coefficient (Wildman–Crippen LogP) is 2.11. The largest absolute Gasteiger partial charge is 0.444 e. The van der Waals surface area contributed by atoms with E-state index in [1.54, 1.807) is 11.1 Å². The van der Waals surface area contributed by atoms with Gasteiger partial charge in [0.1, 0.15) is 5.60 Å². The average molecular weight is 280 g/mol. The molecule has 6 heteroatoms. The van der Waals surface area contributed by atoms with E-state index in [2.05, 4.69) is 5.10 Å². The first kappa shape index (κ1) is 14.7. The number of anilines is 1. The first-order valence-corrected chi connectivity index (χ1v) is 7.09. The van der Waals surface area contributed by atoms with Crippen molar-refractivity contribution in [1.82, 2.24) is 14.7 Å². The monoisotopic (exact) mass is 280 g/mol. The van der Waals surface area contributed by atoms with Crippen LogP contribution in [-0.4, -0.2) is 39.5 Å². The summed E-state index contributed by atoms with van der Waals surface area (Å²) >= 11 is 0. The summed E-state index contributed by atoms with van der Waals surface area (Å²) < 4.78 is 7.27. The molecule has 112 valence electrons. The van der Waals surface area contributed by atoms with E-state index in [1.165, 1.54) is 0 Å². The topological polar surface area (TPSA) is 73.4 Å². The van der Waals surface area contributed by atoms with Gasteiger partial charge in [-0.15, -0.1) is 0 Å². The SMILES string of the molecule is CC(C)(C)OC(=O)N1CCCC(Cn2cc(N)cn2)C1. The number of likely N-dealkylation sites (tertiary alicyclic amines) is 1. The van der Waals surface area contributed by atoms with Crippen molar-refractivity contribution in [3.05, 3.63) is 12.4 Å². The third kappa shape index (κ3) is 4.15. The number of piperidine rings is 1. The van der Waals surface area contributed by atoms with Crippen LogP contribution < -0.4 is 5.73 Å². The zero-order valence-electron chi connectivity index (χ0n) is 12.5. The molecule has 0 saturated carbocycles. The minimum absolute atomic E-state index is 0.220. The molecule has 1 aromatic rings. The van der Waals surface area contributed by atoms with Gasteiger partial charge in [0.05, 0.1) is 11.9 Å². The number of aromatic nitrogens is 2. The smallest absolute Gasteiger partial charge is 0.410 e. The van der Waals surface area contributed by atoms with Gasteiger partial charge < -0.3 is 15.4 Å². The van der Waals surface area contributed by atoms with Crippen LogP contribution in [0, 0.1) is 5.92 Å². The number of rotatable bonds is 2. The van der Waals surface area contributed by atoms with Gasteiger partial charge in [0.15, 0.2) is 0 Å². The molecule has 1 amide bonds. The average Bonchev–Trinajstić information content (AvgIpc) is 2.73. The Bertz CT molecular complexity index is 464. The van der Waals surface area contributed by atoms with E-state index in [1.807, 2.05) is 31.6 Å². The molecule has 2 rings (SSSR count). The van der Waals surface area contributed by atoms with Gasteiger partial charge in [-0.3, -0.25) is 4.68 Å². The summed E-state index contributed by atoms with van der Waals surface area (Å²) in [4.78, 5) is 13.9. The number of ether oxygens (including phenoxy) is 1. The van der Waals surface area contributed by atoms with Crippen molar-refractivity contribution in [2.45, 2.75) is 45.8 Å². The van der Waals surface area contributed by atoms with Crippen molar-refractivity contribution < 1.29 is 9.53 Å². The molecule has 2 heterocycles. The maximum absolute atomic E-state index is 12.1. The summed E-state index contributed by atoms with van der Waals surface area (Å²) in [6.45, 7) is 7.94. The number of nitrogen functional groups attached to an aromatic ring is 1. The quantitative estimate of drug-likeness (QED) is 0.900. The molecule has 0 aromatic carbocycles. The van der Waals surface area contributed by atoms with Crippen LogP contribution in [0.15, 0.2) is 12.4 Å². The van der Waals surface area contributed by atoms with Gasteiger partial charge in [0.25, 0.3) is 0 Å². The van der Waals surface area contributed by atoms with E-state index in [-0.39, 0.29) is 6.09 Å². The zero-order valence-corrected chi connectivity index (χ0v) is 12.5. The number of hydrogen-bond donors (Lipinski definition) is 1. The van der Waals surface area contributed by atoms with Crippen LogP contribution in [0.4, 0.5) is 10.5 Å². The molecule has 20 heavy (non-hydrogen) atoms. The molecule has 1 fully saturated rings. The summed E-state index contributed by atoms with van der Waals surface area (Å²) in [6.07, 6.45) is 5.35. The highest BCUT2D eigenvalue weighted by Gasteiger charge is 2.27. The van der Waals surface area contributed by atoms with Gasteiger partial charge in [-0.2, -0.15) is 5.10 Å². The highest BCUT2D eigenvalue weighted by Crippen LogP contribution is 2.20. The van der Waals surface area contributed by atoms with Gasteiger partial charge in [-0.1, -0.05) is 0 Å². The fraction of sp³-hybridized carbons (Fsp3) is 0.714. The highest BCUT2D eigenvalue weighted by atomic mass is 16.6. The fourth-order valence-corrected chi connectivity index (χ4v) is 2.45. The van der Waals surface area contributed by atoms with Crippen molar-refractivity contribution in [2.24, 2.45) is 5.92 Å². The molecule has 1 aliphatic rings. The molecule has 2 N–H and O–H groups in total. The molecule has 0 spiro atoms. The minimum atomic E-state index is -0.444. The van der Waals surface area contributed by atoms with Crippen molar-refractivity contribution in [3.8, 4) is 0 Å². The second-order valence-electron chi connectivity index (χ2n) is 6.43. The van der Waals surface area contributed by atoms with Crippen LogP contribution in [0.2, 0.25) is 0 Å². The Kier molecular flexibility index (Phi) is 4.20. The summed E-state index contributed by atoms with van der Waals surface area (Å²) in [5, 5.41) is 4.20. The number of nitrogens with two attached hydrogens (primary N) is 1. The van der Waals surface area contributed by atoms with Crippen molar-refractivity contribution in [1.29, 1.82) is 0 Å². The lowest BCUT2D eigenvalue weighted by Crippen LogP contribution is -2.43. The molecule has 1 aromatic heterocycles. The number of carbonyl (C=O) groups excluding carboxylic acids is 1. The van der Waals surface area contributed by atoms with Crippen molar-refractivity contribution in [2.75, 3.05) is 18.8 Å². The summed E-state index contributed by atoms with van der Waals surface area (Å²) in [5.74, 6) is 0.399. The second kappa shape index (κ2) is 5.73. The maximum atomic E-state index is 12.1. The first-order valence-electron chi connectivity index (χ1n) is 7.09. The Labute approximate surface area is 119 Å². The van der Waals surface area contributed by atoms with Crippen molar-refractivity contribution in [3.63, 3.8) is 0 Å². The number of nitrogens with zero attached hydrogens (tertiary/aromatic N) is 3. The summed E-state index contributed by atoms with van der Waals surface area (Å²) in [7, 11) is 0. The maximum Gasteiger partial charge on any atom is 0.410 e. The highest BCUT2D eigenvalue weighted by molar-refractivity contribution is 5.68. The van der Waals surface area contributed by atoms with Crippen LogP contribution in [-0.2, 0) is 11.3 Å². The van der Waals surface area contributed by atoms with Crippen LogP contribution >= 0.6 is 0 Å². The number of carbonyl (C=O) groups is 1.